The average molecular weight is 334 g/mol. The minimum absolute atomic E-state index is 0.0547. The van der Waals surface area contributed by atoms with E-state index in [4.69, 9.17) is 23.7 Å². The van der Waals surface area contributed by atoms with Crippen molar-refractivity contribution in [3.05, 3.63) is 0 Å². The molecule has 0 bridgehead atoms. The Morgan fingerprint density at radius 2 is 1.70 bits per heavy atom. The third kappa shape index (κ3) is 4.64. The lowest BCUT2D eigenvalue weighted by atomic mass is 9.93. The van der Waals surface area contributed by atoms with Gasteiger partial charge in [-0.15, -0.1) is 0 Å². The van der Waals surface area contributed by atoms with Gasteiger partial charge in [-0.2, -0.15) is 0 Å². The third-order valence-corrected chi connectivity index (χ3v) is 4.10. The predicted molar refractivity (Wildman–Crippen MR) is 82.7 cm³/mol. The fourth-order valence-corrected chi connectivity index (χ4v) is 2.35. The number of esters is 1. The summed E-state index contributed by atoms with van der Waals surface area (Å²) >= 11 is 0. The quantitative estimate of drug-likeness (QED) is 0.765. The first kappa shape index (κ1) is 20.3. The van der Waals surface area contributed by atoms with Gasteiger partial charge in [-0.1, -0.05) is 0 Å². The van der Waals surface area contributed by atoms with Crippen LogP contribution >= 0.6 is 0 Å². The molecule has 0 aromatic heterocycles. The monoisotopic (exact) mass is 334 g/mol. The molecule has 0 amide bonds. The van der Waals surface area contributed by atoms with Crippen molar-refractivity contribution in [1.82, 2.24) is 0 Å². The van der Waals surface area contributed by atoms with Crippen molar-refractivity contribution in [2.45, 2.75) is 76.8 Å². The van der Waals surface area contributed by atoms with E-state index in [1.165, 1.54) is 21.1 Å². The van der Waals surface area contributed by atoms with Crippen molar-refractivity contribution in [2.24, 2.45) is 0 Å². The molecule has 1 aliphatic rings. The largest absolute Gasteiger partial charge is 0.460 e. The van der Waals surface area contributed by atoms with E-state index in [0.717, 1.165) is 0 Å². The molecule has 0 aromatic carbocycles. The van der Waals surface area contributed by atoms with E-state index in [1.54, 1.807) is 34.6 Å². The van der Waals surface area contributed by atoms with Crippen LogP contribution in [-0.2, 0) is 28.5 Å². The summed E-state index contributed by atoms with van der Waals surface area (Å²) in [5, 5.41) is 10.7. The maximum absolute atomic E-state index is 12.0. The van der Waals surface area contributed by atoms with E-state index in [0.29, 0.717) is 0 Å². The van der Waals surface area contributed by atoms with Gasteiger partial charge in [0, 0.05) is 14.2 Å². The third-order valence-electron chi connectivity index (χ3n) is 4.10. The normalized spacial score (nSPS) is 34.7. The minimum atomic E-state index is -1.48. The predicted octanol–water partition coefficient (Wildman–Crippen LogP) is 1.61. The summed E-state index contributed by atoms with van der Waals surface area (Å²) in [6.07, 6.45) is -0.995. The molecule has 1 fully saturated rings. The van der Waals surface area contributed by atoms with Crippen LogP contribution in [0.15, 0.2) is 0 Å². The maximum Gasteiger partial charge on any atom is 0.309 e. The van der Waals surface area contributed by atoms with Crippen LogP contribution < -0.4 is 0 Å². The van der Waals surface area contributed by atoms with Gasteiger partial charge in [0.1, 0.15) is 17.3 Å². The SMILES string of the molecule is CO[C@]1(C)OC[C@@H]([C@](C)(O)CC(=O)OC(C)(C)C)O[C@@]1(C)OC. The van der Waals surface area contributed by atoms with Crippen molar-refractivity contribution in [3.8, 4) is 0 Å². The molecule has 0 saturated carbocycles. The summed E-state index contributed by atoms with van der Waals surface area (Å²) in [5.74, 6) is -2.87. The van der Waals surface area contributed by atoms with Gasteiger partial charge in [0.2, 0.25) is 11.6 Å². The van der Waals surface area contributed by atoms with Crippen molar-refractivity contribution >= 4 is 5.97 Å². The standard InChI is InChI=1S/C16H30O7/c1-13(2,3)23-12(17)9-14(4,18)11-10-21-15(5,19-7)16(6,20-8)22-11/h11,18H,9-10H2,1-8H3/t11-,14+,15+,16+/m0/s1. The topological polar surface area (TPSA) is 83.5 Å². The Kier molecular flexibility index (Phi) is 5.87. The average Bonchev–Trinajstić information content (AvgIpc) is 2.38. The lowest BCUT2D eigenvalue weighted by Gasteiger charge is -2.51. The molecule has 0 unspecified atom stereocenters. The fourth-order valence-electron chi connectivity index (χ4n) is 2.35. The molecule has 1 saturated heterocycles. The van der Waals surface area contributed by atoms with Crippen LogP contribution in [0.2, 0.25) is 0 Å². The summed E-state index contributed by atoms with van der Waals surface area (Å²) in [5.41, 5.74) is -2.09. The summed E-state index contributed by atoms with van der Waals surface area (Å²) in [4.78, 5) is 12.0. The van der Waals surface area contributed by atoms with Gasteiger partial charge in [0.05, 0.1) is 13.0 Å². The number of hydrogen-bond acceptors (Lipinski definition) is 7. The second-order valence-corrected chi connectivity index (χ2v) is 7.34. The highest BCUT2D eigenvalue weighted by molar-refractivity contribution is 5.71. The molecule has 7 heteroatoms. The lowest BCUT2D eigenvalue weighted by molar-refractivity contribution is -0.442. The molecule has 0 aromatic rings. The molecule has 1 aliphatic heterocycles. The van der Waals surface area contributed by atoms with Gasteiger partial charge in [-0.05, 0) is 41.5 Å². The second-order valence-electron chi connectivity index (χ2n) is 7.34. The van der Waals surface area contributed by atoms with Gasteiger partial charge in [-0.3, -0.25) is 4.79 Å². The molecule has 0 spiro atoms. The fraction of sp³-hybridized carbons (Fsp3) is 0.938. The van der Waals surface area contributed by atoms with Crippen LogP contribution in [0, 0.1) is 0 Å². The highest BCUT2D eigenvalue weighted by atomic mass is 16.8. The van der Waals surface area contributed by atoms with Gasteiger partial charge in [0.25, 0.3) is 0 Å². The Morgan fingerprint density at radius 3 is 2.13 bits per heavy atom. The van der Waals surface area contributed by atoms with Crippen LogP contribution in [0.4, 0.5) is 0 Å². The van der Waals surface area contributed by atoms with Gasteiger partial charge in [-0.25, -0.2) is 0 Å². The molecule has 136 valence electrons. The Bertz CT molecular complexity index is 429. The van der Waals surface area contributed by atoms with Crippen LogP contribution in [0.3, 0.4) is 0 Å². The van der Waals surface area contributed by atoms with Crippen molar-refractivity contribution in [1.29, 1.82) is 0 Å². The van der Waals surface area contributed by atoms with E-state index < -0.39 is 34.8 Å². The minimum Gasteiger partial charge on any atom is -0.460 e. The van der Waals surface area contributed by atoms with E-state index >= 15 is 0 Å². The van der Waals surface area contributed by atoms with Crippen LogP contribution in [0.5, 0.6) is 0 Å². The smallest absolute Gasteiger partial charge is 0.309 e. The number of aliphatic hydroxyl groups is 1. The Morgan fingerprint density at radius 1 is 1.17 bits per heavy atom. The number of rotatable bonds is 5. The van der Waals surface area contributed by atoms with E-state index in [1.807, 2.05) is 0 Å². The zero-order valence-corrected chi connectivity index (χ0v) is 15.4. The second kappa shape index (κ2) is 6.64. The van der Waals surface area contributed by atoms with Crippen molar-refractivity contribution < 1.29 is 33.6 Å². The Hall–Kier alpha value is -0.730. The van der Waals surface area contributed by atoms with Crippen LogP contribution in [-0.4, -0.2) is 60.8 Å². The van der Waals surface area contributed by atoms with E-state index in [2.05, 4.69) is 0 Å². The highest BCUT2D eigenvalue weighted by Gasteiger charge is 2.56. The molecule has 1 rings (SSSR count). The van der Waals surface area contributed by atoms with Gasteiger partial charge < -0.3 is 28.8 Å². The number of ether oxygens (including phenoxy) is 5. The first-order valence-corrected chi connectivity index (χ1v) is 7.65. The molecule has 4 atom stereocenters. The molecule has 7 nitrogen and oxygen atoms in total. The molecular formula is C16H30O7. The molecule has 1 N–H and O–H groups in total. The Balaban J connectivity index is 2.84. The van der Waals surface area contributed by atoms with Crippen molar-refractivity contribution in [3.63, 3.8) is 0 Å². The highest BCUT2D eigenvalue weighted by Crippen LogP contribution is 2.39. The van der Waals surface area contributed by atoms with Crippen LogP contribution in [0.1, 0.15) is 48.0 Å². The van der Waals surface area contributed by atoms with Gasteiger partial charge >= 0.3 is 5.97 Å². The summed E-state index contributed by atoms with van der Waals surface area (Å²) in [7, 11) is 2.95. The van der Waals surface area contributed by atoms with E-state index in [9.17, 15) is 9.90 Å². The van der Waals surface area contributed by atoms with Crippen molar-refractivity contribution in [2.75, 3.05) is 20.8 Å². The lowest BCUT2D eigenvalue weighted by Crippen LogP contribution is -2.66. The summed E-state index contributed by atoms with van der Waals surface area (Å²) in [6.45, 7) is 10.2. The zero-order valence-electron chi connectivity index (χ0n) is 15.4. The molecule has 1 heterocycles. The molecule has 0 aliphatic carbocycles. The summed E-state index contributed by atoms with van der Waals surface area (Å²) in [6, 6.07) is 0. The van der Waals surface area contributed by atoms with Crippen LogP contribution in [0.25, 0.3) is 0 Å². The summed E-state index contributed by atoms with van der Waals surface area (Å²) < 4.78 is 27.6. The zero-order chi connectivity index (χ0) is 18.1. The number of hydrogen-bond donors (Lipinski definition) is 1. The number of carbonyl (C=O) groups excluding carboxylic acids is 1. The Labute approximate surface area is 138 Å². The van der Waals surface area contributed by atoms with E-state index in [-0.39, 0.29) is 13.0 Å². The van der Waals surface area contributed by atoms with Gasteiger partial charge in [0.15, 0.2) is 0 Å². The number of carbonyl (C=O) groups is 1. The number of methoxy groups -OCH3 is 2. The molecular weight excluding hydrogens is 304 g/mol. The molecule has 23 heavy (non-hydrogen) atoms. The first-order chi connectivity index (χ1) is 10.3. The first-order valence-electron chi connectivity index (χ1n) is 7.65. The maximum atomic E-state index is 12.0. The molecule has 0 radical (unpaired) electrons.